The summed E-state index contributed by atoms with van der Waals surface area (Å²) >= 11 is 0. The first-order valence-corrected chi connectivity index (χ1v) is 10.00. The van der Waals surface area contributed by atoms with Gasteiger partial charge in [-0.25, -0.2) is 13.6 Å². The molecule has 0 saturated heterocycles. The summed E-state index contributed by atoms with van der Waals surface area (Å²) in [5, 5.41) is 21.6. The van der Waals surface area contributed by atoms with Gasteiger partial charge < -0.3 is 10.4 Å². The van der Waals surface area contributed by atoms with Crippen molar-refractivity contribution in [3.8, 4) is 11.4 Å². The van der Waals surface area contributed by atoms with Gasteiger partial charge in [0.1, 0.15) is 0 Å². The van der Waals surface area contributed by atoms with Crippen molar-refractivity contribution in [3.05, 3.63) is 81.8 Å². The average Bonchev–Trinajstić information content (AvgIpc) is 2.66. The Bertz CT molecular complexity index is 1230. The van der Waals surface area contributed by atoms with Gasteiger partial charge in [0, 0.05) is 12.6 Å². The highest BCUT2D eigenvalue weighted by molar-refractivity contribution is 7.89. The number of hydrogen-bond donors (Lipinski definition) is 3. The Hall–Kier alpha value is -3.50. The van der Waals surface area contributed by atoms with Crippen molar-refractivity contribution in [2.45, 2.75) is 18.4 Å². The number of benzene rings is 2. The topological polar surface area (TPSA) is 144 Å². The Morgan fingerprint density at radius 1 is 1.17 bits per heavy atom. The molecule has 10 heteroatoms. The number of nitrogens with one attached hydrogen (secondary N) is 1. The second kappa shape index (κ2) is 7.86. The largest absolute Gasteiger partial charge is 0.505 e. The van der Waals surface area contributed by atoms with Crippen LogP contribution < -0.4 is 16.0 Å². The van der Waals surface area contributed by atoms with E-state index in [0.717, 1.165) is 16.3 Å². The average molecular weight is 414 g/mol. The van der Waals surface area contributed by atoms with Crippen LogP contribution in [0.4, 0.5) is 0 Å². The van der Waals surface area contributed by atoms with E-state index in [-0.39, 0.29) is 17.1 Å². The van der Waals surface area contributed by atoms with Gasteiger partial charge in [-0.1, -0.05) is 24.3 Å². The van der Waals surface area contributed by atoms with E-state index in [4.69, 9.17) is 5.14 Å². The first kappa shape index (κ1) is 20.2. The molecule has 9 nitrogen and oxygen atoms in total. The number of nitrogens with two attached hydrogens (primary N) is 1. The standard InChI is InChI=1S/C19H18N4O5S/c1-12-3-2-4-14(9-12)23-17(25)10-16(24)18(22-23)19(26)21-11-13-5-7-15(8-6-13)29(20,27)28/h2-10,24H,11H2,1H3,(H,21,26)(H2,20,27,28). The number of hydrogen-bond acceptors (Lipinski definition) is 6. The zero-order chi connectivity index (χ0) is 21.2. The maximum Gasteiger partial charge on any atom is 0.275 e. The van der Waals surface area contributed by atoms with Gasteiger partial charge >= 0.3 is 0 Å². The molecule has 0 atom stereocenters. The zero-order valence-corrected chi connectivity index (χ0v) is 16.2. The van der Waals surface area contributed by atoms with Gasteiger partial charge in [0.15, 0.2) is 11.4 Å². The molecule has 0 spiro atoms. The molecule has 3 aromatic rings. The van der Waals surface area contributed by atoms with E-state index in [1.165, 1.54) is 24.3 Å². The summed E-state index contributed by atoms with van der Waals surface area (Å²) in [6.45, 7) is 1.90. The SMILES string of the molecule is Cc1cccc(-n2nc(C(=O)NCc3ccc(S(N)(=O)=O)cc3)c(O)cc2=O)c1. The predicted octanol–water partition coefficient (Wildman–Crippen LogP) is 0.824. The molecule has 0 bridgehead atoms. The first-order valence-electron chi connectivity index (χ1n) is 8.45. The lowest BCUT2D eigenvalue weighted by atomic mass is 10.2. The van der Waals surface area contributed by atoms with Crippen molar-refractivity contribution < 1.29 is 18.3 Å². The second-order valence-electron chi connectivity index (χ2n) is 6.34. The molecule has 0 saturated carbocycles. The number of aryl methyl sites for hydroxylation is 1. The van der Waals surface area contributed by atoms with Gasteiger partial charge in [-0.3, -0.25) is 9.59 Å². The summed E-state index contributed by atoms with van der Waals surface area (Å²) in [7, 11) is -3.80. The Morgan fingerprint density at radius 3 is 2.48 bits per heavy atom. The highest BCUT2D eigenvalue weighted by atomic mass is 32.2. The van der Waals surface area contributed by atoms with E-state index >= 15 is 0 Å². The third kappa shape index (κ3) is 4.68. The number of aromatic hydroxyl groups is 1. The van der Waals surface area contributed by atoms with Crippen LogP contribution >= 0.6 is 0 Å². The van der Waals surface area contributed by atoms with E-state index in [9.17, 15) is 23.1 Å². The third-order valence-corrected chi connectivity index (χ3v) is 5.01. The Labute approximate surface area is 166 Å². The van der Waals surface area contributed by atoms with E-state index < -0.39 is 27.2 Å². The highest BCUT2D eigenvalue weighted by Gasteiger charge is 2.17. The Morgan fingerprint density at radius 2 is 1.86 bits per heavy atom. The molecular weight excluding hydrogens is 396 g/mol. The number of primary sulfonamides is 1. The van der Waals surface area contributed by atoms with Crippen LogP contribution in [0.15, 0.2) is 64.3 Å². The van der Waals surface area contributed by atoms with Gasteiger partial charge in [0.2, 0.25) is 10.0 Å². The highest BCUT2D eigenvalue weighted by Crippen LogP contribution is 2.14. The van der Waals surface area contributed by atoms with Gasteiger partial charge in [0.25, 0.3) is 11.5 Å². The fraction of sp³-hybridized carbons (Fsp3) is 0.105. The molecule has 0 aliphatic heterocycles. The molecular formula is C19H18N4O5S. The van der Waals surface area contributed by atoms with E-state index in [2.05, 4.69) is 10.4 Å². The van der Waals surface area contributed by atoms with Crippen molar-refractivity contribution in [3.63, 3.8) is 0 Å². The van der Waals surface area contributed by atoms with Crippen LogP contribution in [0.1, 0.15) is 21.6 Å². The number of sulfonamides is 1. The van der Waals surface area contributed by atoms with E-state index in [1.807, 2.05) is 13.0 Å². The summed E-state index contributed by atoms with van der Waals surface area (Å²) in [4.78, 5) is 24.6. The van der Waals surface area contributed by atoms with Crippen LogP contribution in [0.3, 0.4) is 0 Å². The van der Waals surface area contributed by atoms with Crippen molar-refractivity contribution in [2.75, 3.05) is 0 Å². The molecule has 29 heavy (non-hydrogen) atoms. The minimum Gasteiger partial charge on any atom is -0.505 e. The van der Waals surface area contributed by atoms with Crippen molar-refractivity contribution in [1.29, 1.82) is 0 Å². The number of carbonyl (C=O) groups excluding carboxylic acids is 1. The van der Waals surface area contributed by atoms with Crippen LogP contribution in [-0.4, -0.2) is 29.2 Å². The van der Waals surface area contributed by atoms with Crippen molar-refractivity contribution in [1.82, 2.24) is 15.1 Å². The lowest BCUT2D eigenvalue weighted by Gasteiger charge is -2.10. The van der Waals surface area contributed by atoms with E-state index in [0.29, 0.717) is 11.3 Å². The molecule has 2 aromatic carbocycles. The molecule has 4 N–H and O–H groups in total. The Kier molecular flexibility index (Phi) is 5.48. The molecule has 0 unspecified atom stereocenters. The summed E-state index contributed by atoms with van der Waals surface area (Å²) in [5.74, 6) is -1.24. The Balaban J connectivity index is 1.82. The van der Waals surface area contributed by atoms with E-state index in [1.54, 1.807) is 18.2 Å². The molecule has 3 rings (SSSR count). The van der Waals surface area contributed by atoms with Crippen molar-refractivity contribution in [2.24, 2.45) is 5.14 Å². The minimum absolute atomic E-state index is 0.0443. The molecule has 1 aromatic heterocycles. The third-order valence-electron chi connectivity index (χ3n) is 4.08. The number of nitrogens with zero attached hydrogens (tertiary/aromatic N) is 2. The van der Waals surface area contributed by atoms with Crippen LogP contribution in [0, 0.1) is 6.92 Å². The minimum atomic E-state index is -3.80. The maximum absolute atomic E-state index is 12.5. The summed E-state index contributed by atoms with van der Waals surface area (Å²) in [5.41, 5.74) is 1.08. The molecule has 0 aliphatic rings. The predicted molar refractivity (Wildman–Crippen MR) is 105 cm³/mol. The molecule has 1 amide bonds. The number of amides is 1. The van der Waals surface area contributed by atoms with Crippen LogP contribution in [-0.2, 0) is 16.6 Å². The van der Waals surface area contributed by atoms with Gasteiger partial charge in [0.05, 0.1) is 10.6 Å². The number of aromatic nitrogens is 2. The number of rotatable bonds is 5. The fourth-order valence-electron chi connectivity index (χ4n) is 2.62. The first-order chi connectivity index (χ1) is 13.6. The second-order valence-corrected chi connectivity index (χ2v) is 7.90. The molecule has 1 heterocycles. The fourth-order valence-corrected chi connectivity index (χ4v) is 3.13. The summed E-state index contributed by atoms with van der Waals surface area (Å²) in [6, 6.07) is 13.6. The normalized spacial score (nSPS) is 11.2. The monoisotopic (exact) mass is 414 g/mol. The number of carbonyl (C=O) groups is 1. The lowest BCUT2D eigenvalue weighted by molar-refractivity contribution is 0.0941. The quantitative estimate of drug-likeness (QED) is 0.564. The maximum atomic E-state index is 12.5. The molecule has 150 valence electrons. The molecule has 0 radical (unpaired) electrons. The lowest BCUT2D eigenvalue weighted by Crippen LogP contribution is -2.29. The van der Waals surface area contributed by atoms with Gasteiger partial charge in [-0.15, -0.1) is 0 Å². The summed E-state index contributed by atoms with van der Waals surface area (Å²) < 4.78 is 23.6. The van der Waals surface area contributed by atoms with Crippen LogP contribution in [0.2, 0.25) is 0 Å². The zero-order valence-electron chi connectivity index (χ0n) is 15.4. The van der Waals surface area contributed by atoms with Crippen LogP contribution in [0.5, 0.6) is 5.75 Å². The van der Waals surface area contributed by atoms with Crippen molar-refractivity contribution >= 4 is 15.9 Å². The van der Waals surface area contributed by atoms with Gasteiger partial charge in [-0.2, -0.15) is 9.78 Å². The summed E-state index contributed by atoms with van der Waals surface area (Å²) in [6.07, 6.45) is 0. The van der Waals surface area contributed by atoms with Crippen LogP contribution in [0.25, 0.3) is 5.69 Å². The molecule has 0 fully saturated rings. The smallest absolute Gasteiger partial charge is 0.275 e. The van der Waals surface area contributed by atoms with Gasteiger partial charge in [-0.05, 0) is 42.3 Å². The molecule has 0 aliphatic carbocycles.